The van der Waals surface area contributed by atoms with Crippen molar-refractivity contribution in [2.75, 3.05) is 18.0 Å². The number of benzene rings is 1. The minimum atomic E-state index is 0.230. The topological polar surface area (TPSA) is 24.5 Å². The highest BCUT2D eigenvalue weighted by Crippen LogP contribution is 2.23. The lowest BCUT2D eigenvalue weighted by atomic mass is 10.2. The molecule has 1 aliphatic rings. The van der Waals surface area contributed by atoms with Crippen molar-refractivity contribution in [1.82, 2.24) is 5.32 Å². The van der Waals surface area contributed by atoms with Crippen molar-refractivity contribution in [3.8, 4) is 5.75 Å². The maximum Gasteiger partial charge on any atom is 0.119 e. The summed E-state index contributed by atoms with van der Waals surface area (Å²) in [5.41, 5.74) is 1.29. The van der Waals surface area contributed by atoms with Crippen LogP contribution in [0.25, 0.3) is 0 Å². The Morgan fingerprint density at radius 1 is 1.21 bits per heavy atom. The molecule has 3 heteroatoms. The van der Waals surface area contributed by atoms with Crippen molar-refractivity contribution in [2.45, 2.75) is 52.3 Å². The first-order valence-corrected chi connectivity index (χ1v) is 7.33. The molecule has 0 bridgehead atoms. The summed E-state index contributed by atoms with van der Waals surface area (Å²) in [6, 6.07) is 9.62. The summed E-state index contributed by atoms with van der Waals surface area (Å²) >= 11 is 0. The Balaban J connectivity index is 2.07. The normalized spacial score (nSPS) is 24.4. The van der Waals surface area contributed by atoms with Crippen LogP contribution in [0.1, 0.15) is 34.1 Å². The first-order chi connectivity index (χ1) is 9.06. The summed E-state index contributed by atoms with van der Waals surface area (Å²) in [6.45, 7) is 10.8. The molecule has 2 unspecified atom stereocenters. The van der Waals surface area contributed by atoms with Gasteiger partial charge >= 0.3 is 0 Å². The number of nitrogens with one attached hydrogen (secondary N) is 1. The highest BCUT2D eigenvalue weighted by atomic mass is 16.5. The van der Waals surface area contributed by atoms with E-state index in [0.717, 1.165) is 18.8 Å². The van der Waals surface area contributed by atoms with Gasteiger partial charge in [0.2, 0.25) is 0 Å². The molecular formula is C16H26N2O. The second-order valence-corrected chi connectivity index (χ2v) is 5.80. The molecular weight excluding hydrogens is 236 g/mol. The van der Waals surface area contributed by atoms with E-state index in [1.807, 2.05) is 0 Å². The maximum absolute atomic E-state index is 5.69. The van der Waals surface area contributed by atoms with Crippen LogP contribution in [0.2, 0.25) is 0 Å². The molecule has 0 spiro atoms. The molecule has 1 heterocycles. The molecule has 1 N–H and O–H groups in total. The standard InChI is InChI=1S/C16H26N2O/c1-12(2)19-16-7-5-15(6-8-16)18-10-9-13(3)17-11-14(18)4/h5-8,12-14,17H,9-11H2,1-4H3. The summed E-state index contributed by atoms with van der Waals surface area (Å²) in [5, 5.41) is 3.57. The second-order valence-electron chi connectivity index (χ2n) is 5.80. The van der Waals surface area contributed by atoms with E-state index < -0.39 is 0 Å². The molecule has 0 aromatic heterocycles. The average Bonchev–Trinajstić information content (AvgIpc) is 2.53. The number of anilines is 1. The van der Waals surface area contributed by atoms with Gasteiger partial charge in [0.25, 0.3) is 0 Å². The van der Waals surface area contributed by atoms with Crippen LogP contribution >= 0.6 is 0 Å². The number of nitrogens with zero attached hydrogens (tertiary/aromatic N) is 1. The molecule has 0 amide bonds. The minimum absolute atomic E-state index is 0.230. The summed E-state index contributed by atoms with van der Waals surface area (Å²) in [5.74, 6) is 0.952. The SMILES string of the molecule is CC1CCN(c2ccc(OC(C)C)cc2)C(C)CN1. The van der Waals surface area contributed by atoms with Gasteiger partial charge in [-0.05, 0) is 58.4 Å². The van der Waals surface area contributed by atoms with E-state index in [1.165, 1.54) is 12.1 Å². The molecule has 0 aliphatic carbocycles. The third kappa shape index (κ3) is 3.87. The second kappa shape index (κ2) is 6.29. The summed E-state index contributed by atoms with van der Waals surface area (Å²) < 4.78 is 5.69. The van der Waals surface area contributed by atoms with Gasteiger partial charge in [-0.15, -0.1) is 0 Å². The molecule has 1 aliphatic heterocycles. The van der Waals surface area contributed by atoms with E-state index in [4.69, 9.17) is 4.74 Å². The molecule has 106 valence electrons. The maximum atomic E-state index is 5.69. The van der Waals surface area contributed by atoms with Gasteiger partial charge in [0.05, 0.1) is 6.10 Å². The fourth-order valence-electron chi connectivity index (χ4n) is 2.51. The van der Waals surface area contributed by atoms with Crippen molar-refractivity contribution in [1.29, 1.82) is 0 Å². The largest absolute Gasteiger partial charge is 0.491 e. The van der Waals surface area contributed by atoms with Crippen LogP contribution in [0.4, 0.5) is 5.69 Å². The van der Waals surface area contributed by atoms with Gasteiger partial charge in [0, 0.05) is 30.9 Å². The quantitative estimate of drug-likeness (QED) is 0.906. The van der Waals surface area contributed by atoms with Gasteiger partial charge in [0.15, 0.2) is 0 Å². The summed E-state index contributed by atoms with van der Waals surface area (Å²) in [4.78, 5) is 2.48. The summed E-state index contributed by atoms with van der Waals surface area (Å²) in [7, 11) is 0. The zero-order valence-corrected chi connectivity index (χ0v) is 12.5. The monoisotopic (exact) mass is 262 g/mol. The van der Waals surface area contributed by atoms with E-state index in [-0.39, 0.29) is 6.10 Å². The Morgan fingerprint density at radius 3 is 2.53 bits per heavy atom. The van der Waals surface area contributed by atoms with Crippen LogP contribution in [0.5, 0.6) is 5.75 Å². The number of hydrogen-bond acceptors (Lipinski definition) is 3. The van der Waals surface area contributed by atoms with E-state index in [9.17, 15) is 0 Å². The molecule has 1 saturated heterocycles. The van der Waals surface area contributed by atoms with Gasteiger partial charge in [-0.25, -0.2) is 0 Å². The van der Waals surface area contributed by atoms with Crippen LogP contribution in [0.3, 0.4) is 0 Å². The van der Waals surface area contributed by atoms with Gasteiger partial charge in [-0.2, -0.15) is 0 Å². The Bertz CT molecular complexity index is 388. The van der Waals surface area contributed by atoms with Crippen LogP contribution in [0.15, 0.2) is 24.3 Å². The predicted octanol–water partition coefficient (Wildman–Crippen LogP) is 3.05. The lowest BCUT2D eigenvalue weighted by molar-refractivity contribution is 0.242. The molecule has 1 aromatic carbocycles. The Hall–Kier alpha value is -1.22. The number of ether oxygens (including phenoxy) is 1. The smallest absolute Gasteiger partial charge is 0.119 e. The zero-order chi connectivity index (χ0) is 13.8. The minimum Gasteiger partial charge on any atom is -0.491 e. The summed E-state index contributed by atoms with van der Waals surface area (Å²) in [6.07, 6.45) is 1.42. The van der Waals surface area contributed by atoms with Gasteiger partial charge < -0.3 is 15.0 Å². The van der Waals surface area contributed by atoms with E-state index in [1.54, 1.807) is 0 Å². The van der Waals surface area contributed by atoms with Crippen LogP contribution < -0.4 is 15.0 Å². The molecule has 19 heavy (non-hydrogen) atoms. The van der Waals surface area contributed by atoms with Crippen molar-refractivity contribution in [3.05, 3.63) is 24.3 Å². The molecule has 3 nitrogen and oxygen atoms in total. The lowest BCUT2D eigenvalue weighted by Gasteiger charge is -2.29. The third-order valence-corrected chi connectivity index (χ3v) is 3.64. The van der Waals surface area contributed by atoms with Crippen molar-refractivity contribution >= 4 is 5.69 Å². The first kappa shape index (κ1) is 14.2. The highest BCUT2D eigenvalue weighted by Gasteiger charge is 2.19. The lowest BCUT2D eigenvalue weighted by Crippen LogP contribution is -2.37. The van der Waals surface area contributed by atoms with E-state index >= 15 is 0 Å². The van der Waals surface area contributed by atoms with Crippen molar-refractivity contribution in [3.63, 3.8) is 0 Å². The van der Waals surface area contributed by atoms with E-state index in [2.05, 4.69) is 62.2 Å². The predicted molar refractivity (Wildman–Crippen MR) is 81.1 cm³/mol. The Labute approximate surface area is 116 Å². The molecule has 0 saturated carbocycles. The van der Waals surface area contributed by atoms with Gasteiger partial charge in [0.1, 0.15) is 5.75 Å². The van der Waals surface area contributed by atoms with Crippen LogP contribution in [-0.2, 0) is 0 Å². The Kier molecular flexibility index (Phi) is 4.70. The number of rotatable bonds is 3. The molecule has 0 radical (unpaired) electrons. The first-order valence-electron chi connectivity index (χ1n) is 7.33. The number of hydrogen-bond donors (Lipinski definition) is 1. The molecule has 1 aromatic rings. The highest BCUT2D eigenvalue weighted by molar-refractivity contribution is 5.50. The Morgan fingerprint density at radius 2 is 1.89 bits per heavy atom. The van der Waals surface area contributed by atoms with Crippen molar-refractivity contribution in [2.24, 2.45) is 0 Å². The molecule has 1 fully saturated rings. The molecule has 2 atom stereocenters. The van der Waals surface area contributed by atoms with Crippen LogP contribution in [-0.4, -0.2) is 31.3 Å². The fraction of sp³-hybridized carbons (Fsp3) is 0.625. The van der Waals surface area contributed by atoms with Crippen LogP contribution in [0, 0.1) is 0 Å². The zero-order valence-electron chi connectivity index (χ0n) is 12.5. The van der Waals surface area contributed by atoms with Gasteiger partial charge in [-0.1, -0.05) is 0 Å². The third-order valence-electron chi connectivity index (χ3n) is 3.64. The van der Waals surface area contributed by atoms with Gasteiger partial charge in [-0.3, -0.25) is 0 Å². The van der Waals surface area contributed by atoms with Crippen molar-refractivity contribution < 1.29 is 4.74 Å². The average molecular weight is 262 g/mol. The van der Waals surface area contributed by atoms with E-state index in [0.29, 0.717) is 12.1 Å². The fourth-order valence-corrected chi connectivity index (χ4v) is 2.51. The molecule has 2 rings (SSSR count).